The summed E-state index contributed by atoms with van der Waals surface area (Å²) in [5, 5.41) is 12.4. The Hall–Kier alpha value is -1.94. The monoisotopic (exact) mass is 363 g/mol. The van der Waals surface area contributed by atoms with Crippen LogP contribution in [0.1, 0.15) is 35.3 Å². The second-order valence-electron chi connectivity index (χ2n) is 6.79. The number of rotatable bonds is 5. The molecule has 2 aliphatic heterocycles. The van der Waals surface area contributed by atoms with E-state index < -0.39 is 24.8 Å². The van der Waals surface area contributed by atoms with Gasteiger partial charge in [-0.05, 0) is 43.4 Å². The van der Waals surface area contributed by atoms with Gasteiger partial charge in [0.1, 0.15) is 19.3 Å². The molecule has 1 atom stereocenters. The van der Waals surface area contributed by atoms with Gasteiger partial charge < -0.3 is 29.2 Å². The third-order valence-corrected chi connectivity index (χ3v) is 4.38. The molecule has 0 saturated carbocycles. The second-order valence-corrected chi connectivity index (χ2v) is 6.79. The van der Waals surface area contributed by atoms with E-state index in [-0.39, 0.29) is 19.3 Å². The highest BCUT2D eigenvalue weighted by Crippen LogP contribution is 2.22. The average Bonchev–Trinajstić information content (AvgIpc) is 3.13. The summed E-state index contributed by atoms with van der Waals surface area (Å²) in [6, 6.07) is 3.40. The van der Waals surface area contributed by atoms with Crippen LogP contribution in [-0.4, -0.2) is 55.7 Å². The van der Waals surface area contributed by atoms with Crippen molar-refractivity contribution in [2.75, 3.05) is 19.8 Å². The third-order valence-electron chi connectivity index (χ3n) is 4.38. The minimum Gasteiger partial charge on any atom is -0.462 e. The predicted octanol–water partition coefficient (Wildman–Crippen LogP) is -0.363. The van der Waals surface area contributed by atoms with Gasteiger partial charge in [0.15, 0.2) is 5.79 Å². The maximum Gasteiger partial charge on any atom is 0.492 e. The van der Waals surface area contributed by atoms with Gasteiger partial charge in [-0.15, -0.1) is 0 Å². The lowest BCUT2D eigenvalue weighted by molar-refractivity contribution is -0.157. The summed E-state index contributed by atoms with van der Waals surface area (Å²) in [5.41, 5.74) is 2.49. The minimum atomic E-state index is -1.03. The van der Waals surface area contributed by atoms with E-state index >= 15 is 0 Å². The fourth-order valence-electron chi connectivity index (χ4n) is 3.08. The van der Waals surface area contributed by atoms with Gasteiger partial charge in [0, 0.05) is 5.56 Å². The highest BCUT2D eigenvalue weighted by atomic mass is 16.7. The molecular formula is C17H22BNO7. The first-order chi connectivity index (χ1) is 12.3. The van der Waals surface area contributed by atoms with Gasteiger partial charge in [0.2, 0.25) is 0 Å². The van der Waals surface area contributed by atoms with Crippen LogP contribution in [0.2, 0.25) is 0 Å². The average molecular weight is 363 g/mol. The smallest absolute Gasteiger partial charge is 0.462 e. The number of fused-ring (bicyclic) bond motifs is 1. The molecule has 140 valence electrons. The lowest BCUT2D eigenvalue weighted by Crippen LogP contribution is -2.36. The molecule has 1 aromatic carbocycles. The van der Waals surface area contributed by atoms with Crippen molar-refractivity contribution in [3.05, 3.63) is 28.8 Å². The van der Waals surface area contributed by atoms with Gasteiger partial charge in [0.05, 0.1) is 13.2 Å². The summed E-state index contributed by atoms with van der Waals surface area (Å²) >= 11 is 0. The first kappa shape index (κ1) is 18.8. The number of carbonyl (C=O) groups excluding carboxylic acids is 2. The van der Waals surface area contributed by atoms with Crippen molar-refractivity contribution in [3.63, 3.8) is 0 Å². The molecule has 1 aromatic rings. The summed E-state index contributed by atoms with van der Waals surface area (Å²) in [5.74, 6) is -1.65. The molecule has 0 spiro atoms. The molecule has 2 N–H and O–H groups in total. The zero-order valence-electron chi connectivity index (χ0n) is 15.0. The van der Waals surface area contributed by atoms with E-state index in [9.17, 15) is 14.6 Å². The van der Waals surface area contributed by atoms with Crippen LogP contribution in [0, 0.1) is 6.92 Å². The van der Waals surface area contributed by atoms with Crippen LogP contribution in [0.4, 0.5) is 0 Å². The van der Waals surface area contributed by atoms with Crippen molar-refractivity contribution >= 4 is 24.5 Å². The Kier molecular flexibility index (Phi) is 5.33. The Morgan fingerprint density at radius 1 is 1.42 bits per heavy atom. The standard InChI is InChI=1S/C17H22BNO7/c1-10-13(5-4-11-7-25-18(22)15(10)11)16(21)19-6-14(20)23-8-12-9-24-17(2,3)26-12/h4-5,12,22H,6-9H2,1-3H3,(H,19,21). The van der Waals surface area contributed by atoms with Crippen molar-refractivity contribution in [1.29, 1.82) is 0 Å². The molecule has 1 amide bonds. The number of ether oxygens (including phenoxy) is 3. The van der Waals surface area contributed by atoms with E-state index in [1.54, 1.807) is 32.9 Å². The molecule has 0 aliphatic carbocycles. The summed E-state index contributed by atoms with van der Waals surface area (Å²) in [6.07, 6.45) is -0.315. The lowest BCUT2D eigenvalue weighted by Gasteiger charge is -2.17. The number of hydrogen-bond acceptors (Lipinski definition) is 7. The molecule has 1 unspecified atom stereocenters. The number of carbonyl (C=O) groups is 2. The van der Waals surface area contributed by atoms with Gasteiger partial charge >= 0.3 is 13.1 Å². The van der Waals surface area contributed by atoms with E-state index in [2.05, 4.69) is 5.32 Å². The zero-order valence-corrected chi connectivity index (χ0v) is 15.0. The molecule has 1 fully saturated rings. The topological polar surface area (TPSA) is 103 Å². The molecule has 2 aliphatic rings. The van der Waals surface area contributed by atoms with Crippen LogP contribution < -0.4 is 10.8 Å². The fourth-order valence-corrected chi connectivity index (χ4v) is 3.08. The van der Waals surface area contributed by atoms with Gasteiger partial charge in [-0.1, -0.05) is 6.07 Å². The Labute approximate surface area is 151 Å². The Bertz CT molecular complexity index is 721. The summed E-state index contributed by atoms with van der Waals surface area (Å²) < 4.78 is 21.2. The normalized spacial score (nSPS) is 20.8. The number of nitrogens with one attached hydrogen (secondary N) is 1. The highest BCUT2D eigenvalue weighted by Gasteiger charge is 2.33. The lowest BCUT2D eigenvalue weighted by atomic mass is 9.75. The molecule has 0 bridgehead atoms. The molecule has 26 heavy (non-hydrogen) atoms. The maximum absolute atomic E-state index is 12.3. The molecule has 2 heterocycles. The quantitative estimate of drug-likeness (QED) is 0.544. The summed E-state index contributed by atoms with van der Waals surface area (Å²) in [6.45, 7) is 5.79. The van der Waals surface area contributed by atoms with Gasteiger partial charge in [0.25, 0.3) is 5.91 Å². The third kappa shape index (κ3) is 4.07. The SMILES string of the molecule is Cc1c(C(=O)NCC(=O)OCC2COC(C)(C)O2)ccc2c1B(O)OC2. The van der Waals surface area contributed by atoms with Gasteiger partial charge in [-0.25, -0.2) is 0 Å². The van der Waals surface area contributed by atoms with Crippen LogP contribution in [0.3, 0.4) is 0 Å². The minimum absolute atomic E-state index is 0.0690. The van der Waals surface area contributed by atoms with E-state index in [0.717, 1.165) is 5.56 Å². The molecule has 1 saturated heterocycles. The largest absolute Gasteiger partial charge is 0.492 e. The van der Waals surface area contributed by atoms with Crippen LogP contribution in [0.5, 0.6) is 0 Å². The maximum atomic E-state index is 12.3. The summed E-state index contributed by atoms with van der Waals surface area (Å²) in [7, 11) is -1.03. The highest BCUT2D eigenvalue weighted by molar-refractivity contribution is 6.62. The van der Waals surface area contributed by atoms with Crippen LogP contribution in [0.15, 0.2) is 12.1 Å². The first-order valence-electron chi connectivity index (χ1n) is 8.44. The van der Waals surface area contributed by atoms with Crippen LogP contribution >= 0.6 is 0 Å². The second kappa shape index (κ2) is 7.36. The number of amides is 1. The summed E-state index contributed by atoms with van der Waals surface area (Å²) in [4.78, 5) is 24.2. The zero-order chi connectivity index (χ0) is 18.9. The molecule has 3 rings (SSSR count). The number of benzene rings is 1. The Morgan fingerprint density at radius 3 is 2.88 bits per heavy atom. The van der Waals surface area contributed by atoms with Gasteiger partial charge in [-0.2, -0.15) is 0 Å². The van der Waals surface area contributed by atoms with Gasteiger partial charge in [-0.3, -0.25) is 9.59 Å². The van der Waals surface area contributed by atoms with Crippen molar-refractivity contribution in [2.45, 2.75) is 39.3 Å². The van der Waals surface area contributed by atoms with Crippen molar-refractivity contribution < 1.29 is 33.5 Å². The first-order valence-corrected chi connectivity index (χ1v) is 8.44. The van der Waals surface area contributed by atoms with E-state index in [1.807, 2.05) is 0 Å². The molecular weight excluding hydrogens is 341 g/mol. The predicted molar refractivity (Wildman–Crippen MR) is 91.8 cm³/mol. The molecule has 9 heteroatoms. The van der Waals surface area contributed by atoms with E-state index in [0.29, 0.717) is 29.8 Å². The van der Waals surface area contributed by atoms with Crippen molar-refractivity contribution in [3.8, 4) is 0 Å². The molecule has 0 aromatic heterocycles. The van der Waals surface area contributed by atoms with Crippen LogP contribution in [0.25, 0.3) is 0 Å². The van der Waals surface area contributed by atoms with Crippen molar-refractivity contribution in [1.82, 2.24) is 5.32 Å². The molecule has 0 radical (unpaired) electrons. The van der Waals surface area contributed by atoms with Crippen molar-refractivity contribution in [2.24, 2.45) is 0 Å². The number of hydrogen-bond donors (Lipinski definition) is 2. The molecule has 8 nitrogen and oxygen atoms in total. The number of esters is 1. The fraction of sp³-hybridized carbons (Fsp3) is 0.529. The van der Waals surface area contributed by atoms with Crippen LogP contribution in [-0.2, 0) is 30.3 Å². The Morgan fingerprint density at radius 2 is 2.19 bits per heavy atom. The van der Waals surface area contributed by atoms with E-state index in [4.69, 9.17) is 18.9 Å². The Balaban J connectivity index is 1.50. The van der Waals surface area contributed by atoms with E-state index in [1.165, 1.54) is 0 Å².